The van der Waals surface area contributed by atoms with E-state index in [0.29, 0.717) is 13.2 Å². The maximum atomic E-state index is 12.1. The monoisotopic (exact) mass is 305 g/mol. The molecule has 1 amide bonds. The van der Waals surface area contributed by atoms with E-state index in [-0.39, 0.29) is 11.8 Å². The molecule has 1 aromatic rings. The van der Waals surface area contributed by atoms with Gasteiger partial charge in [-0.3, -0.25) is 4.79 Å². The van der Waals surface area contributed by atoms with Crippen LogP contribution in [0.1, 0.15) is 18.4 Å². The number of nitrogens with one attached hydrogen (secondary N) is 2. The first-order valence-electron chi connectivity index (χ1n) is 8.00. The second-order valence-electron chi connectivity index (χ2n) is 6.06. The maximum absolute atomic E-state index is 12.1. The van der Waals surface area contributed by atoms with Gasteiger partial charge in [0.15, 0.2) is 0 Å². The topological polar surface area (TPSA) is 53.6 Å². The van der Waals surface area contributed by atoms with E-state index in [1.165, 1.54) is 0 Å². The van der Waals surface area contributed by atoms with E-state index in [1.54, 1.807) is 0 Å². The van der Waals surface area contributed by atoms with Gasteiger partial charge in [-0.05, 0) is 51.2 Å². The summed E-state index contributed by atoms with van der Waals surface area (Å²) in [6.45, 7) is 3.92. The van der Waals surface area contributed by atoms with Crippen molar-refractivity contribution in [3.8, 4) is 5.75 Å². The summed E-state index contributed by atoms with van der Waals surface area (Å²) in [5.41, 5.74) is 1.07. The Morgan fingerprint density at radius 3 is 3.05 bits per heavy atom. The Labute approximate surface area is 133 Å². The molecule has 0 saturated carbocycles. The summed E-state index contributed by atoms with van der Waals surface area (Å²) in [6, 6.07) is 7.92. The van der Waals surface area contributed by atoms with Crippen molar-refractivity contribution in [3.05, 3.63) is 29.8 Å². The Bertz CT molecular complexity index is 471. The van der Waals surface area contributed by atoms with Crippen molar-refractivity contribution in [2.75, 3.05) is 40.3 Å². The van der Waals surface area contributed by atoms with E-state index in [9.17, 15) is 4.79 Å². The van der Waals surface area contributed by atoms with Crippen LogP contribution in [0.2, 0.25) is 0 Å². The molecule has 1 heterocycles. The third kappa shape index (κ3) is 5.66. The van der Waals surface area contributed by atoms with Crippen molar-refractivity contribution < 1.29 is 9.53 Å². The number of carbonyl (C=O) groups excluding carboxylic acids is 1. The number of hydrogen-bond acceptors (Lipinski definition) is 4. The molecule has 122 valence electrons. The predicted molar refractivity (Wildman–Crippen MR) is 87.9 cm³/mol. The largest absolute Gasteiger partial charge is 0.492 e. The number of piperidine rings is 1. The predicted octanol–water partition coefficient (Wildman–Crippen LogP) is 1.24. The molecule has 1 aliphatic heterocycles. The van der Waals surface area contributed by atoms with Gasteiger partial charge in [-0.15, -0.1) is 0 Å². The Morgan fingerprint density at radius 2 is 2.32 bits per heavy atom. The molecular weight excluding hydrogens is 278 g/mol. The summed E-state index contributed by atoms with van der Waals surface area (Å²) in [7, 11) is 4.05. The normalized spacial score (nSPS) is 18.2. The maximum Gasteiger partial charge on any atom is 0.224 e. The van der Waals surface area contributed by atoms with Crippen LogP contribution in [-0.2, 0) is 11.3 Å². The molecule has 0 aliphatic carbocycles. The quantitative estimate of drug-likeness (QED) is 0.796. The summed E-state index contributed by atoms with van der Waals surface area (Å²) in [5.74, 6) is 1.10. The Kier molecular flexibility index (Phi) is 6.68. The zero-order chi connectivity index (χ0) is 15.8. The van der Waals surface area contributed by atoms with Gasteiger partial charge in [0.25, 0.3) is 0 Å². The molecule has 5 heteroatoms. The average molecular weight is 305 g/mol. The van der Waals surface area contributed by atoms with E-state index < -0.39 is 0 Å². The van der Waals surface area contributed by atoms with Crippen LogP contribution in [0, 0.1) is 5.92 Å². The molecule has 0 bridgehead atoms. The van der Waals surface area contributed by atoms with Crippen molar-refractivity contribution in [2.24, 2.45) is 5.92 Å². The molecule has 22 heavy (non-hydrogen) atoms. The molecule has 2 rings (SSSR count). The first-order chi connectivity index (χ1) is 10.6. The van der Waals surface area contributed by atoms with Gasteiger partial charge in [0.05, 0.1) is 5.92 Å². The third-order valence-corrected chi connectivity index (χ3v) is 3.84. The van der Waals surface area contributed by atoms with Crippen LogP contribution < -0.4 is 15.4 Å². The Hall–Kier alpha value is -1.59. The minimum Gasteiger partial charge on any atom is -0.492 e. The number of amides is 1. The van der Waals surface area contributed by atoms with Crippen molar-refractivity contribution >= 4 is 5.91 Å². The lowest BCUT2D eigenvalue weighted by molar-refractivity contribution is -0.125. The van der Waals surface area contributed by atoms with Gasteiger partial charge in [0.2, 0.25) is 5.91 Å². The van der Waals surface area contributed by atoms with Gasteiger partial charge in [-0.1, -0.05) is 12.1 Å². The standard InChI is InChI=1S/C17H27N3O2/c1-20(2)9-10-22-16-7-3-5-14(11-16)12-19-17(21)15-6-4-8-18-13-15/h3,5,7,11,15,18H,4,6,8-10,12-13H2,1-2H3,(H,19,21). The van der Waals surface area contributed by atoms with Crippen LogP contribution in [0.3, 0.4) is 0 Å². The summed E-state index contributed by atoms with van der Waals surface area (Å²) < 4.78 is 5.72. The second-order valence-corrected chi connectivity index (χ2v) is 6.06. The molecule has 1 saturated heterocycles. The second kappa shape index (κ2) is 8.76. The number of rotatable bonds is 7. The number of likely N-dealkylation sites (N-methyl/N-ethyl adjacent to an activating group) is 1. The van der Waals surface area contributed by atoms with E-state index >= 15 is 0 Å². The van der Waals surface area contributed by atoms with Crippen LogP contribution in [-0.4, -0.2) is 51.1 Å². The molecule has 1 fully saturated rings. The smallest absolute Gasteiger partial charge is 0.224 e. The number of nitrogens with zero attached hydrogens (tertiary/aromatic N) is 1. The highest BCUT2D eigenvalue weighted by Crippen LogP contribution is 2.14. The molecule has 5 nitrogen and oxygen atoms in total. The first kappa shape index (κ1) is 16.8. The molecule has 1 aromatic carbocycles. The lowest BCUT2D eigenvalue weighted by Crippen LogP contribution is -2.40. The Morgan fingerprint density at radius 1 is 1.45 bits per heavy atom. The summed E-state index contributed by atoms with van der Waals surface area (Å²) in [5, 5.41) is 6.30. The number of hydrogen-bond donors (Lipinski definition) is 2. The lowest BCUT2D eigenvalue weighted by atomic mass is 9.99. The van der Waals surface area contributed by atoms with Gasteiger partial charge in [-0.25, -0.2) is 0 Å². The molecule has 1 aliphatic rings. The summed E-state index contributed by atoms with van der Waals surface area (Å²) in [4.78, 5) is 14.2. The fraction of sp³-hybridized carbons (Fsp3) is 0.588. The highest BCUT2D eigenvalue weighted by Gasteiger charge is 2.20. The van der Waals surface area contributed by atoms with Crippen LogP contribution in [0.5, 0.6) is 5.75 Å². The number of ether oxygens (including phenoxy) is 1. The van der Waals surface area contributed by atoms with Crippen LogP contribution in [0.15, 0.2) is 24.3 Å². The van der Waals surface area contributed by atoms with E-state index in [1.807, 2.05) is 38.4 Å². The molecule has 2 N–H and O–H groups in total. The average Bonchev–Trinajstić information content (AvgIpc) is 2.53. The van der Waals surface area contributed by atoms with Crippen molar-refractivity contribution in [1.82, 2.24) is 15.5 Å². The lowest BCUT2D eigenvalue weighted by Gasteiger charge is -2.22. The highest BCUT2D eigenvalue weighted by molar-refractivity contribution is 5.78. The van der Waals surface area contributed by atoms with Crippen molar-refractivity contribution in [1.29, 1.82) is 0 Å². The number of carbonyl (C=O) groups is 1. The van der Waals surface area contributed by atoms with E-state index in [0.717, 1.165) is 43.8 Å². The number of benzene rings is 1. The summed E-state index contributed by atoms with van der Waals surface area (Å²) >= 11 is 0. The highest BCUT2D eigenvalue weighted by atomic mass is 16.5. The van der Waals surface area contributed by atoms with Gasteiger partial charge < -0.3 is 20.3 Å². The molecule has 0 aromatic heterocycles. The SMILES string of the molecule is CN(C)CCOc1cccc(CNC(=O)C2CCCNC2)c1. The fourth-order valence-electron chi connectivity index (χ4n) is 2.50. The molecule has 1 atom stereocenters. The van der Waals surface area contributed by atoms with E-state index in [2.05, 4.69) is 15.5 Å². The third-order valence-electron chi connectivity index (χ3n) is 3.84. The van der Waals surface area contributed by atoms with Gasteiger partial charge in [0.1, 0.15) is 12.4 Å². The molecule has 0 spiro atoms. The first-order valence-corrected chi connectivity index (χ1v) is 8.00. The minimum absolute atomic E-state index is 0.105. The van der Waals surface area contributed by atoms with Crippen LogP contribution >= 0.6 is 0 Å². The van der Waals surface area contributed by atoms with Crippen molar-refractivity contribution in [3.63, 3.8) is 0 Å². The summed E-state index contributed by atoms with van der Waals surface area (Å²) in [6.07, 6.45) is 2.06. The Balaban J connectivity index is 1.78. The minimum atomic E-state index is 0.105. The van der Waals surface area contributed by atoms with Gasteiger partial charge in [-0.2, -0.15) is 0 Å². The van der Waals surface area contributed by atoms with Crippen LogP contribution in [0.25, 0.3) is 0 Å². The zero-order valence-corrected chi connectivity index (χ0v) is 13.6. The molecular formula is C17H27N3O2. The van der Waals surface area contributed by atoms with Crippen LogP contribution in [0.4, 0.5) is 0 Å². The molecule has 0 radical (unpaired) electrons. The van der Waals surface area contributed by atoms with Gasteiger partial charge in [0, 0.05) is 19.6 Å². The van der Waals surface area contributed by atoms with Crippen molar-refractivity contribution in [2.45, 2.75) is 19.4 Å². The molecule has 1 unspecified atom stereocenters. The fourth-order valence-corrected chi connectivity index (χ4v) is 2.50. The van der Waals surface area contributed by atoms with E-state index in [4.69, 9.17) is 4.74 Å². The van der Waals surface area contributed by atoms with Gasteiger partial charge >= 0.3 is 0 Å². The zero-order valence-electron chi connectivity index (χ0n) is 13.6.